The number of carbonyl (C=O) groups is 6. The van der Waals surface area contributed by atoms with Gasteiger partial charge in [-0.05, 0) is 81.2 Å². The topological polar surface area (TPSA) is 189 Å². The fourth-order valence-corrected chi connectivity index (χ4v) is 10.3. The molecule has 2 aliphatic heterocycles. The summed E-state index contributed by atoms with van der Waals surface area (Å²) in [5, 5.41) is 13.1. The van der Waals surface area contributed by atoms with Crippen molar-refractivity contribution in [3.8, 4) is 0 Å². The van der Waals surface area contributed by atoms with Crippen molar-refractivity contribution in [2.45, 2.75) is 161 Å². The van der Waals surface area contributed by atoms with Gasteiger partial charge in [0, 0.05) is 52.6 Å². The van der Waals surface area contributed by atoms with Crippen molar-refractivity contribution in [2.75, 3.05) is 34.4 Å². The lowest BCUT2D eigenvalue weighted by Crippen LogP contribution is -2.60. The SMILES string of the molecule is CC[C@H](C)[C@@H]([C@@H](CC(=O)N1CCC[C@H]1[C@H](OC)[C@@H](C)C(=O)C[C@@H](Cc1ccccc1)C(=O)O)OC)N(C)C(=O)[C@@H](NC(=O)[C@@H]1[C@H]2CC[C@@H](C2)N1C(=O)CCCCCN)C(C)C. The molecule has 0 radical (unpaired) electrons. The third kappa shape index (κ3) is 12.4. The highest BCUT2D eigenvalue weighted by atomic mass is 16.5. The maximum absolute atomic E-state index is 14.6. The van der Waals surface area contributed by atoms with Crippen LogP contribution in [0.4, 0.5) is 0 Å². The number of ether oxygens (including phenoxy) is 2. The van der Waals surface area contributed by atoms with Crippen molar-refractivity contribution < 1.29 is 43.3 Å². The summed E-state index contributed by atoms with van der Waals surface area (Å²) in [6, 6.07) is 6.89. The number of likely N-dealkylation sites (tertiary alicyclic amines) is 2. The van der Waals surface area contributed by atoms with Crippen molar-refractivity contribution in [1.29, 1.82) is 0 Å². The number of rotatable bonds is 25. The van der Waals surface area contributed by atoms with E-state index in [9.17, 15) is 33.9 Å². The number of methoxy groups -OCH3 is 2. The van der Waals surface area contributed by atoms with E-state index in [-0.39, 0.29) is 72.5 Å². The van der Waals surface area contributed by atoms with Crippen molar-refractivity contribution in [2.24, 2.45) is 35.3 Å². The van der Waals surface area contributed by atoms with Crippen molar-refractivity contribution >= 4 is 35.4 Å². The number of fused-ring (bicyclic) bond motifs is 2. The molecule has 0 unspecified atom stereocenters. The fourth-order valence-electron chi connectivity index (χ4n) is 10.3. The molecule has 2 bridgehead atoms. The molecule has 11 atom stereocenters. The first kappa shape index (κ1) is 49.8. The number of hydrogen-bond acceptors (Lipinski definition) is 9. The minimum Gasteiger partial charge on any atom is -0.481 e. The number of carboxylic acids is 1. The molecule has 4 rings (SSSR count). The molecule has 0 spiro atoms. The Balaban J connectivity index is 1.46. The van der Waals surface area contributed by atoms with E-state index in [4.69, 9.17) is 15.2 Å². The summed E-state index contributed by atoms with van der Waals surface area (Å²) in [5.41, 5.74) is 6.49. The molecule has 4 amide bonds. The lowest BCUT2D eigenvalue weighted by molar-refractivity contribution is -0.149. The molecule has 14 nitrogen and oxygen atoms in total. The number of nitrogens with zero attached hydrogens (tertiary/aromatic N) is 3. The first-order valence-electron chi connectivity index (χ1n) is 22.8. The third-order valence-corrected chi connectivity index (χ3v) is 13.9. The number of unbranched alkanes of at least 4 members (excludes halogenated alkanes) is 2. The van der Waals surface area contributed by atoms with E-state index in [2.05, 4.69) is 5.32 Å². The average Bonchev–Trinajstić information content (AvgIpc) is 4.01. The summed E-state index contributed by atoms with van der Waals surface area (Å²) in [4.78, 5) is 87.6. The minimum absolute atomic E-state index is 0.0119. The average molecular weight is 854 g/mol. The summed E-state index contributed by atoms with van der Waals surface area (Å²) in [6.45, 7) is 10.6. The second-order valence-electron chi connectivity index (χ2n) is 18.3. The number of likely N-dealkylation sites (N-methyl/N-ethyl adjacent to an activating group) is 1. The normalized spacial score (nSPS) is 23.2. The monoisotopic (exact) mass is 854 g/mol. The number of hydrogen-bond donors (Lipinski definition) is 3. The van der Waals surface area contributed by atoms with Gasteiger partial charge in [0.05, 0.1) is 36.6 Å². The molecule has 1 aromatic carbocycles. The molecular formula is C47H75N5O9. The second kappa shape index (κ2) is 23.5. The smallest absolute Gasteiger partial charge is 0.307 e. The van der Waals surface area contributed by atoms with Gasteiger partial charge in [-0.1, -0.05) is 77.8 Å². The molecule has 1 saturated carbocycles. The fraction of sp³-hybridized carbons (Fsp3) is 0.745. The van der Waals surface area contributed by atoms with E-state index < -0.39 is 54.2 Å². The lowest BCUT2D eigenvalue weighted by Gasteiger charge is -2.41. The van der Waals surface area contributed by atoms with Gasteiger partial charge in [0.2, 0.25) is 23.6 Å². The van der Waals surface area contributed by atoms with Crippen LogP contribution in [-0.4, -0.2) is 132 Å². The van der Waals surface area contributed by atoms with Gasteiger partial charge in [-0.25, -0.2) is 0 Å². The summed E-state index contributed by atoms with van der Waals surface area (Å²) in [5.74, 6) is -3.88. The Labute approximate surface area is 364 Å². The molecule has 0 aromatic heterocycles. The zero-order valence-corrected chi connectivity index (χ0v) is 38.1. The summed E-state index contributed by atoms with van der Waals surface area (Å²) < 4.78 is 12.0. The number of carboxylic acid groups (broad SMARTS) is 1. The van der Waals surface area contributed by atoms with Gasteiger partial charge in [-0.15, -0.1) is 0 Å². The molecule has 3 aliphatic rings. The predicted molar refractivity (Wildman–Crippen MR) is 233 cm³/mol. The van der Waals surface area contributed by atoms with E-state index >= 15 is 0 Å². The predicted octanol–water partition coefficient (Wildman–Crippen LogP) is 4.85. The number of ketones is 1. The number of aliphatic carboxylic acids is 1. The van der Waals surface area contributed by atoms with Crippen LogP contribution < -0.4 is 11.1 Å². The highest BCUT2D eigenvalue weighted by Gasteiger charge is 2.52. The van der Waals surface area contributed by atoms with Gasteiger partial charge < -0.3 is 40.3 Å². The Morgan fingerprint density at radius 1 is 0.934 bits per heavy atom. The molecule has 1 aliphatic carbocycles. The Bertz CT molecular complexity index is 1630. The molecule has 1 aromatic rings. The van der Waals surface area contributed by atoms with Crippen molar-refractivity contribution in [3.05, 3.63) is 35.9 Å². The summed E-state index contributed by atoms with van der Waals surface area (Å²) in [6.07, 6.45) is 6.12. The van der Waals surface area contributed by atoms with Crippen LogP contribution in [0.1, 0.15) is 117 Å². The maximum Gasteiger partial charge on any atom is 0.307 e. The first-order chi connectivity index (χ1) is 29.1. The van der Waals surface area contributed by atoms with E-state index in [0.717, 1.165) is 44.1 Å². The van der Waals surface area contributed by atoms with Gasteiger partial charge in [0.15, 0.2) is 0 Å². The van der Waals surface area contributed by atoms with Crippen LogP contribution in [0, 0.1) is 29.6 Å². The molecule has 4 N–H and O–H groups in total. The van der Waals surface area contributed by atoms with Gasteiger partial charge in [0.1, 0.15) is 17.9 Å². The Kier molecular flexibility index (Phi) is 19.2. The first-order valence-corrected chi connectivity index (χ1v) is 22.8. The third-order valence-electron chi connectivity index (χ3n) is 13.9. The minimum atomic E-state index is -1.04. The highest BCUT2D eigenvalue weighted by molar-refractivity contribution is 5.93. The molecule has 3 fully saturated rings. The number of Topliss-reactive ketones (excluding diaryl/α,β-unsaturated/α-hetero) is 1. The van der Waals surface area contributed by atoms with Crippen LogP contribution in [0.5, 0.6) is 0 Å². The van der Waals surface area contributed by atoms with Crippen molar-refractivity contribution in [1.82, 2.24) is 20.0 Å². The zero-order chi connectivity index (χ0) is 45.0. The Hall–Kier alpha value is -3.88. The number of piperidine rings is 1. The van der Waals surface area contributed by atoms with Crippen LogP contribution in [0.3, 0.4) is 0 Å². The summed E-state index contributed by atoms with van der Waals surface area (Å²) >= 11 is 0. The van der Waals surface area contributed by atoms with Crippen LogP contribution in [-0.2, 0) is 44.7 Å². The number of benzene rings is 1. The van der Waals surface area contributed by atoms with Crippen LogP contribution in [0.15, 0.2) is 30.3 Å². The summed E-state index contributed by atoms with van der Waals surface area (Å²) in [7, 11) is 4.77. The van der Waals surface area contributed by atoms with E-state index in [1.807, 2.05) is 58.0 Å². The molecule has 61 heavy (non-hydrogen) atoms. The number of carbonyl (C=O) groups excluding carboxylic acids is 5. The molecule has 2 saturated heterocycles. The van der Waals surface area contributed by atoms with Gasteiger partial charge >= 0.3 is 5.97 Å². The van der Waals surface area contributed by atoms with Crippen LogP contribution in [0.2, 0.25) is 0 Å². The molecule has 2 heterocycles. The number of nitrogens with two attached hydrogens (primary N) is 1. The quantitative estimate of drug-likeness (QED) is 0.115. The van der Waals surface area contributed by atoms with Gasteiger partial charge in [-0.2, -0.15) is 0 Å². The Morgan fingerprint density at radius 2 is 1.64 bits per heavy atom. The molecular weight excluding hydrogens is 779 g/mol. The molecule has 14 heteroatoms. The number of nitrogens with one attached hydrogen (secondary N) is 1. The standard InChI is InChI=1S/C47H75N5O9/c1-9-30(4)42(50(6)46(57)41(29(2)3)49-45(56)43-33-21-22-35(26-33)52(43)39(54)20-14-11-15-23-48)38(60-7)28-40(55)51-24-16-19-36(51)44(61-8)31(5)37(53)27-34(47(58)59)25-32-17-12-10-13-18-32/h10,12-13,17-18,29-31,33-36,38,41-44H,9,11,14-16,19-28,48H2,1-8H3,(H,49,56)(H,58,59)/t30-,31-,33-,34+,35-,36-,38+,41-,42-,43-,44+/m0/s1. The molecule has 342 valence electrons. The Morgan fingerprint density at radius 3 is 2.25 bits per heavy atom. The zero-order valence-electron chi connectivity index (χ0n) is 38.1. The largest absolute Gasteiger partial charge is 0.481 e. The number of amides is 4. The van der Waals surface area contributed by atoms with E-state index in [0.29, 0.717) is 38.8 Å². The second-order valence-corrected chi connectivity index (χ2v) is 18.3. The van der Waals surface area contributed by atoms with Crippen molar-refractivity contribution in [3.63, 3.8) is 0 Å². The van der Waals surface area contributed by atoms with Gasteiger partial charge in [0.25, 0.3) is 0 Å². The van der Waals surface area contributed by atoms with Gasteiger partial charge in [-0.3, -0.25) is 28.8 Å². The van der Waals surface area contributed by atoms with E-state index in [1.165, 1.54) is 7.11 Å². The lowest BCUT2D eigenvalue weighted by atomic mass is 9.85. The van der Waals surface area contributed by atoms with Crippen LogP contribution >= 0.6 is 0 Å². The van der Waals surface area contributed by atoms with E-state index in [1.54, 1.807) is 35.8 Å². The highest BCUT2D eigenvalue weighted by Crippen LogP contribution is 2.43. The van der Waals surface area contributed by atoms with Crippen LogP contribution in [0.25, 0.3) is 0 Å². The maximum atomic E-state index is 14.6.